The largest absolute Gasteiger partial charge is 0.377 e. The van der Waals surface area contributed by atoms with Gasteiger partial charge in [-0.25, -0.2) is 0 Å². The smallest absolute Gasteiger partial charge is 0.0698 e. The van der Waals surface area contributed by atoms with Gasteiger partial charge in [-0.1, -0.05) is 19.3 Å². The molecule has 4 heteroatoms. The zero-order valence-electron chi connectivity index (χ0n) is 16.1. The summed E-state index contributed by atoms with van der Waals surface area (Å²) >= 11 is 0. The molecule has 0 aromatic heterocycles. The Bertz CT molecular complexity index is 353. The van der Waals surface area contributed by atoms with E-state index in [9.17, 15) is 0 Å². The molecule has 4 bridgehead atoms. The van der Waals surface area contributed by atoms with Crippen molar-refractivity contribution in [3.05, 3.63) is 0 Å². The van der Waals surface area contributed by atoms with Crippen molar-refractivity contribution in [1.29, 1.82) is 0 Å². The van der Waals surface area contributed by atoms with E-state index in [0.29, 0.717) is 24.2 Å². The Kier molecular flexibility index (Phi) is 7.18. The lowest BCUT2D eigenvalue weighted by atomic mass is 9.53. The van der Waals surface area contributed by atoms with Crippen molar-refractivity contribution in [1.82, 2.24) is 0 Å². The molecule has 1 unspecified atom stereocenters. The van der Waals surface area contributed by atoms with E-state index in [4.69, 9.17) is 21.9 Å². The van der Waals surface area contributed by atoms with Crippen LogP contribution in [0.15, 0.2) is 0 Å². The summed E-state index contributed by atoms with van der Waals surface area (Å²) in [6, 6.07) is 0.536. The van der Waals surface area contributed by atoms with Crippen molar-refractivity contribution in [3.8, 4) is 0 Å². The van der Waals surface area contributed by atoms with E-state index in [1.54, 1.807) is 0 Å². The maximum atomic E-state index is 6.32. The van der Waals surface area contributed by atoms with Crippen molar-refractivity contribution < 1.29 is 4.74 Å². The van der Waals surface area contributed by atoms with E-state index in [1.807, 2.05) is 0 Å². The van der Waals surface area contributed by atoms with Crippen LogP contribution in [-0.2, 0) is 4.74 Å². The lowest BCUT2D eigenvalue weighted by molar-refractivity contribution is 0.000365. The third-order valence-electron chi connectivity index (χ3n) is 7.02. The van der Waals surface area contributed by atoms with Gasteiger partial charge in [0.15, 0.2) is 0 Å². The predicted molar refractivity (Wildman–Crippen MR) is 104 cm³/mol. The van der Waals surface area contributed by atoms with Gasteiger partial charge in [0.1, 0.15) is 0 Å². The highest BCUT2D eigenvalue weighted by Gasteiger charge is 2.48. The van der Waals surface area contributed by atoms with Crippen molar-refractivity contribution in [2.45, 2.75) is 101 Å². The van der Waals surface area contributed by atoms with E-state index in [0.717, 1.165) is 30.8 Å². The summed E-state index contributed by atoms with van der Waals surface area (Å²) < 4.78 is 5.18. The first-order chi connectivity index (χ1) is 12.1. The molecule has 5 aliphatic carbocycles. The van der Waals surface area contributed by atoms with E-state index in [1.165, 1.54) is 77.0 Å². The number of nitrogens with two attached hydrogens (primary N) is 3. The lowest BCUT2D eigenvalue weighted by Gasteiger charge is -2.55. The fourth-order valence-corrected chi connectivity index (χ4v) is 6.14. The Balaban J connectivity index is 0.000000115. The quantitative estimate of drug-likeness (QED) is 0.676. The fraction of sp³-hybridized carbons (Fsp3) is 1.00. The van der Waals surface area contributed by atoms with Gasteiger partial charge in [0, 0.05) is 24.7 Å². The summed E-state index contributed by atoms with van der Waals surface area (Å²) in [7, 11) is 0. The third-order valence-corrected chi connectivity index (χ3v) is 7.02. The molecular formula is C21H41N3O. The SMILES string of the molecule is NC12CC3CC(CC(C3)C1)C2.NC1CCCCC1.NCC1CCCO1. The number of hydrogen-bond donors (Lipinski definition) is 3. The van der Waals surface area contributed by atoms with Crippen LogP contribution < -0.4 is 17.2 Å². The maximum Gasteiger partial charge on any atom is 0.0698 e. The topological polar surface area (TPSA) is 87.3 Å². The van der Waals surface area contributed by atoms with Crippen LogP contribution in [0, 0.1) is 17.8 Å². The molecule has 25 heavy (non-hydrogen) atoms. The van der Waals surface area contributed by atoms with Gasteiger partial charge in [0.05, 0.1) is 6.10 Å². The number of hydrogen-bond acceptors (Lipinski definition) is 4. The maximum absolute atomic E-state index is 6.32. The molecule has 5 saturated carbocycles. The van der Waals surface area contributed by atoms with E-state index >= 15 is 0 Å². The summed E-state index contributed by atoms with van der Waals surface area (Å²) in [5.74, 6) is 3.06. The molecule has 1 heterocycles. The van der Waals surface area contributed by atoms with Gasteiger partial charge in [0.25, 0.3) is 0 Å². The van der Waals surface area contributed by atoms with Gasteiger partial charge >= 0.3 is 0 Å². The molecule has 1 saturated heterocycles. The van der Waals surface area contributed by atoms with Crippen LogP contribution in [0.1, 0.15) is 83.5 Å². The highest BCUT2D eigenvalue weighted by Crippen LogP contribution is 2.54. The van der Waals surface area contributed by atoms with Gasteiger partial charge in [-0.3, -0.25) is 0 Å². The molecule has 6 fully saturated rings. The van der Waals surface area contributed by atoms with Gasteiger partial charge in [-0.05, 0) is 82.0 Å². The minimum atomic E-state index is 0.300. The molecule has 146 valence electrons. The Labute approximate surface area is 154 Å². The molecule has 1 aliphatic heterocycles. The molecule has 0 spiro atoms. The summed E-state index contributed by atoms with van der Waals surface area (Å²) in [6.07, 6.45) is 18.0. The van der Waals surface area contributed by atoms with Crippen molar-refractivity contribution in [2.75, 3.05) is 13.2 Å². The molecule has 0 aromatic carbocycles. The molecular weight excluding hydrogens is 310 g/mol. The Hall–Kier alpha value is -0.160. The molecule has 0 aromatic rings. The van der Waals surface area contributed by atoms with Crippen molar-refractivity contribution in [2.24, 2.45) is 35.0 Å². The average molecular weight is 352 g/mol. The van der Waals surface area contributed by atoms with Crippen LogP contribution in [0.2, 0.25) is 0 Å². The lowest BCUT2D eigenvalue weighted by Crippen LogP contribution is -2.55. The van der Waals surface area contributed by atoms with Crippen molar-refractivity contribution >= 4 is 0 Å². The van der Waals surface area contributed by atoms with E-state index < -0.39 is 0 Å². The minimum Gasteiger partial charge on any atom is -0.377 e. The fourth-order valence-electron chi connectivity index (χ4n) is 6.14. The van der Waals surface area contributed by atoms with Gasteiger partial charge < -0.3 is 21.9 Å². The van der Waals surface area contributed by atoms with E-state index in [2.05, 4.69) is 0 Å². The predicted octanol–water partition coefficient (Wildman–Crippen LogP) is 3.32. The molecule has 6 aliphatic rings. The van der Waals surface area contributed by atoms with Crippen LogP contribution in [0.5, 0.6) is 0 Å². The zero-order valence-corrected chi connectivity index (χ0v) is 16.1. The van der Waals surface area contributed by atoms with Gasteiger partial charge in [-0.2, -0.15) is 0 Å². The minimum absolute atomic E-state index is 0.300. The summed E-state index contributed by atoms with van der Waals surface area (Å²) in [5.41, 5.74) is 17.6. The molecule has 0 radical (unpaired) electrons. The van der Waals surface area contributed by atoms with Gasteiger partial charge in [-0.15, -0.1) is 0 Å². The average Bonchev–Trinajstić information content (AvgIpc) is 3.08. The van der Waals surface area contributed by atoms with Crippen LogP contribution in [0.4, 0.5) is 0 Å². The number of rotatable bonds is 1. The second-order valence-electron chi connectivity index (χ2n) is 9.55. The Morgan fingerprint density at radius 1 is 0.800 bits per heavy atom. The van der Waals surface area contributed by atoms with Crippen LogP contribution in [-0.4, -0.2) is 30.8 Å². The van der Waals surface area contributed by atoms with Gasteiger partial charge in [0.2, 0.25) is 0 Å². The second-order valence-corrected chi connectivity index (χ2v) is 9.55. The Morgan fingerprint density at radius 3 is 1.64 bits per heavy atom. The Morgan fingerprint density at radius 2 is 1.36 bits per heavy atom. The summed E-state index contributed by atoms with van der Waals surface area (Å²) in [6.45, 7) is 1.61. The first-order valence-electron chi connectivity index (χ1n) is 10.9. The molecule has 0 amide bonds. The standard InChI is InChI=1S/C10H17N.C6H13N.C5H11NO/c11-10-4-7-1-8(5-10)3-9(2-7)6-10;7-6-4-2-1-3-5-6;6-4-5-2-1-3-7-5/h7-9H,1-6,11H2;6H,1-5,7H2;5H,1-4,6H2. The molecule has 6 rings (SSSR count). The highest BCUT2D eigenvalue weighted by atomic mass is 16.5. The van der Waals surface area contributed by atoms with Crippen LogP contribution >= 0.6 is 0 Å². The van der Waals surface area contributed by atoms with Crippen LogP contribution in [0.3, 0.4) is 0 Å². The van der Waals surface area contributed by atoms with Crippen molar-refractivity contribution in [3.63, 3.8) is 0 Å². The number of ether oxygens (including phenoxy) is 1. The molecule has 4 nitrogen and oxygen atoms in total. The normalized spacial score (nSPS) is 42.4. The molecule has 1 atom stereocenters. The summed E-state index contributed by atoms with van der Waals surface area (Å²) in [4.78, 5) is 0. The first-order valence-corrected chi connectivity index (χ1v) is 10.9. The second kappa shape index (κ2) is 9.16. The monoisotopic (exact) mass is 351 g/mol. The summed E-state index contributed by atoms with van der Waals surface area (Å²) in [5, 5.41) is 0. The first kappa shape index (κ1) is 19.6. The zero-order chi connectivity index (χ0) is 17.7. The molecule has 6 N–H and O–H groups in total. The van der Waals surface area contributed by atoms with Crippen LogP contribution in [0.25, 0.3) is 0 Å². The highest BCUT2D eigenvalue weighted by molar-refractivity contribution is 5.04. The van der Waals surface area contributed by atoms with E-state index in [-0.39, 0.29) is 0 Å². The third kappa shape index (κ3) is 5.92.